The van der Waals surface area contributed by atoms with Crippen LogP contribution in [0.2, 0.25) is 0 Å². The van der Waals surface area contributed by atoms with E-state index in [1.165, 1.54) is 0 Å². The Balaban J connectivity index is 2.07. The highest BCUT2D eigenvalue weighted by Crippen LogP contribution is 2.42. The normalized spacial score (nSPS) is 19.9. The fourth-order valence-corrected chi connectivity index (χ4v) is 3.10. The van der Waals surface area contributed by atoms with Crippen LogP contribution in [-0.4, -0.2) is 6.10 Å². The predicted molar refractivity (Wildman–Crippen MR) is 86.4 cm³/mol. The molecule has 0 unspecified atom stereocenters. The third-order valence-electron chi connectivity index (χ3n) is 4.47. The lowest BCUT2D eigenvalue weighted by atomic mass is 9.97. The van der Waals surface area contributed by atoms with Crippen molar-refractivity contribution in [2.45, 2.75) is 25.9 Å². The van der Waals surface area contributed by atoms with E-state index < -0.39 is 0 Å². The van der Waals surface area contributed by atoms with Crippen LogP contribution in [0.1, 0.15) is 25.3 Å². The molecule has 1 aliphatic heterocycles. The first-order chi connectivity index (χ1) is 10.7. The molecule has 0 radical (unpaired) electrons. The Morgan fingerprint density at radius 3 is 2.50 bits per heavy atom. The summed E-state index contributed by atoms with van der Waals surface area (Å²) in [5.41, 5.74) is 2.90. The quantitative estimate of drug-likeness (QED) is 0.626. The molecule has 2 heterocycles. The van der Waals surface area contributed by atoms with Gasteiger partial charge in [0, 0.05) is 11.5 Å². The van der Waals surface area contributed by atoms with Gasteiger partial charge in [-0.1, -0.05) is 49.4 Å². The molecule has 0 bridgehead atoms. The van der Waals surface area contributed by atoms with Gasteiger partial charge in [-0.3, -0.25) is 0 Å². The summed E-state index contributed by atoms with van der Waals surface area (Å²) in [7, 11) is 0. The average molecular weight is 292 g/mol. The lowest BCUT2D eigenvalue weighted by Crippen LogP contribution is -2.14. The number of rotatable bonds is 1. The monoisotopic (exact) mass is 292 g/mol. The standard InChI is InChI=1S/C19H16O3/c1-11-12(2)21-18-15-10-6-9-14(13-7-4-3-5-8-13)17(15)22-19(20)16(11)18/h3-12H,1-2H3/t11-,12-/m0/s1. The van der Waals surface area contributed by atoms with E-state index in [2.05, 4.69) is 0 Å². The molecule has 0 aliphatic carbocycles. The number of fused-ring (bicyclic) bond motifs is 3. The molecule has 0 spiro atoms. The van der Waals surface area contributed by atoms with Crippen molar-refractivity contribution in [3.8, 4) is 16.9 Å². The number of para-hydroxylation sites is 1. The largest absolute Gasteiger partial charge is 0.489 e. The first kappa shape index (κ1) is 13.1. The Bertz CT molecular complexity index is 909. The van der Waals surface area contributed by atoms with Gasteiger partial charge >= 0.3 is 5.63 Å². The molecule has 0 saturated heterocycles. The lowest BCUT2D eigenvalue weighted by Gasteiger charge is -2.09. The first-order valence-electron chi connectivity index (χ1n) is 7.48. The maximum Gasteiger partial charge on any atom is 0.343 e. The fourth-order valence-electron chi connectivity index (χ4n) is 3.10. The van der Waals surface area contributed by atoms with Gasteiger partial charge in [-0.2, -0.15) is 0 Å². The molecule has 0 N–H and O–H groups in total. The zero-order valence-corrected chi connectivity index (χ0v) is 12.5. The van der Waals surface area contributed by atoms with Gasteiger partial charge in [0.25, 0.3) is 0 Å². The SMILES string of the molecule is C[C@@H]1Oc2c(c(=O)oc3c(-c4ccccc4)cccc23)[C@H]1C. The third-order valence-corrected chi connectivity index (χ3v) is 4.47. The second kappa shape index (κ2) is 4.73. The fraction of sp³-hybridized carbons (Fsp3) is 0.211. The molecule has 3 heteroatoms. The Morgan fingerprint density at radius 1 is 0.955 bits per heavy atom. The summed E-state index contributed by atoms with van der Waals surface area (Å²) < 4.78 is 11.6. The van der Waals surface area contributed by atoms with Gasteiger partial charge in [-0.25, -0.2) is 4.79 Å². The van der Waals surface area contributed by atoms with Crippen molar-refractivity contribution in [1.82, 2.24) is 0 Å². The molecule has 4 rings (SSSR count). The minimum atomic E-state index is -0.289. The third kappa shape index (κ3) is 1.78. The molecule has 3 nitrogen and oxygen atoms in total. The van der Waals surface area contributed by atoms with Gasteiger partial charge in [-0.15, -0.1) is 0 Å². The van der Waals surface area contributed by atoms with E-state index in [9.17, 15) is 4.79 Å². The van der Waals surface area contributed by atoms with Crippen molar-refractivity contribution in [2.24, 2.45) is 0 Å². The van der Waals surface area contributed by atoms with Crippen LogP contribution < -0.4 is 10.4 Å². The summed E-state index contributed by atoms with van der Waals surface area (Å²) in [6.45, 7) is 3.98. The zero-order chi connectivity index (χ0) is 15.3. The molecule has 2 atom stereocenters. The Kier molecular flexibility index (Phi) is 2.83. The topological polar surface area (TPSA) is 39.4 Å². The number of benzene rings is 2. The van der Waals surface area contributed by atoms with Crippen LogP contribution in [0.5, 0.6) is 5.75 Å². The first-order valence-corrected chi connectivity index (χ1v) is 7.48. The van der Waals surface area contributed by atoms with Crippen LogP contribution in [-0.2, 0) is 0 Å². The molecule has 0 fully saturated rings. The van der Waals surface area contributed by atoms with Crippen LogP contribution in [0.4, 0.5) is 0 Å². The number of ether oxygens (including phenoxy) is 1. The minimum Gasteiger partial charge on any atom is -0.489 e. The van der Waals surface area contributed by atoms with Crippen molar-refractivity contribution in [2.75, 3.05) is 0 Å². The smallest absolute Gasteiger partial charge is 0.343 e. The van der Waals surface area contributed by atoms with E-state index in [4.69, 9.17) is 9.15 Å². The molecule has 0 saturated carbocycles. The molecule has 22 heavy (non-hydrogen) atoms. The van der Waals surface area contributed by atoms with Gasteiger partial charge in [0.05, 0.1) is 10.9 Å². The average Bonchev–Trinajstić information content (AvgIpc) is 2.84. The van der Waals surface area contributed by atoms with E-state index in [0.717, 1.165) is 16.5 Å². The van der Waals surface area contributed by atoms with Crippen molar-refractivity contribution >= 4 is 11.0 Å². The van der Waals surface area contributed by atoms with Gasteiger partial charge in [-0.05, 0) is 18.6 Å². The molecular formula is C19H16O3. The summed E-state index contributed by atoms with van der Waals surface area (Å²) in [4.78, 5) is 12.4. The molecule has 110 valence electrons. The van der Waals surface area contributed by atoms with Crippen LogP contribution in [0, 0.1) is 0 Å². The van der Waals surface area contributed by atoms with Crippen molar-refractivity contribution in [3.63, 3.8) is 0 Å². The highest BCUT2D eigenvalue weighted by Gasteiger charge is 2.33. The molecule has 1 aliphatic rings. The Hall–Kier alpha value is -2.55. The Morgan fingerprint density at radius 2 is 1.73 bits per heavy atom. The highest BCUT2D eigenvalue weighted by atomic mass is 16.5. The zero-order valence-electron chi connectivity index (χ0n) is 12.5. The summed E-state index contributed by atoms with van der Waals surface area (Å²) in [6, 6.07) is 15.8. The lowest BCUT2D eigenvalue weighted by molar-refractivity contribution is 0.234. The van der Waals surface area contributed by atoms with E-state index >= 15 is 0 Å². The Labute approximate surface area is 128 Å². The van der Waals surface area contributed by atoms with E-state index in [1.54, 1.807) is 0 Å². The molecular weight excluding hydrogens is 276 g/mol. The van der Waals surface area contributed by atoms with Gasteiger partial charge in [0.1, 0.15) is 17.4 Å². The molecule has 3 aromatic rings. The highest BCUT2D eigenvalue weighted by molar-refractivity contribution is 5.96. The predicted octanol–water partition coefficient (Wildman–Crippen LogP) is 4.34. The minimum absolute atomic E-state index is 0.0103. The van der Waals surface area contributed by atoms with Crippen molar-refractivity contribution < 1.29 is 9.15 Å². The van der Waals surface area contributed by atoms with Gasteiger partial charge < -0.3 is 9.15 Å². The summed E-state index contributed by atoms with van der Waals surface area (Å²) in [6.07, 6.45) is -0.0103. The molecule has 1 aromatic heterocycles. The van der Waals surface area contributed by atoms with E-state index in [-0.39, 0.29) is 17.6 Å². The van der Waals surface area contributed by atoms with E-state index in [1.807, 2.05) is 62.4 Å². The van der Waals surface area contributed by atoms with Crippen LogP contribution in [0.25, 0.3) is 22.1 Å². The van der Waals surface area contributed by atoms with Crippen LogP contribution in [0.3, 0.4) is 0 Å². The number of hydrogen-bond donors (Lipinski definition) is 0. The van der Waals surface area contributed by atoms with Crippen LogP contribution in [0.15, 0.2) is 57.7 Å². The molecule has 0 amide bonds. The molecule has 2 aromatic carbocycles. The summed E-state index contributed by atoms with van der Waals surface area (Å²) in [5.74, 6) is 0.736. The maximum atomic E-state index is 12.4. The second-order valence-corrected chi connectivity index (χ2v) is 5.79. The van der Waals surface area contributed by atoms with Crippen molar-refractivity contribution in [3.05, 3.63) is 64.5 Å². The summed E-state index contributed by atoms with van der Waals surface area (Å²) >= 11 is 0. The maximum absolute atomic E-state index is 12.4. The number of hydrogen-bond acceptors (Lipinski definition) is 3. The van der Waals surface area contributed by atoms with E-state index in [0.29, 0.717) is 16.9 Å². The van der Waals surface area contributed by atoms with Gasteiger partial charge in [0.2, 0.25) is 0 Å². The van der Waals surface area contributed by atoms with Crippen LogP contribution >= 0.6 is 0 Å². The van der Waals surface area contributed by atoms with Gasteiger partial charge in [0.15, 0.2) is 0 Å². The second-order valence-electron chi connectivity index (χ2n) is 5.79. The van der Waals surface area contributed by atoms with Crippen molar-refractivity contribution in [1.29, 1.82) is 0 Å². The summed E-state index contributed by atoms with van der Waals surface area (Å²) in [5, 5.41) is 0.868.